The third-order valence-electron chi connectivity index (χ3n) is 4.56. The molecule has 0 unspecified atom stereocenters. The fraction of sp³-hybridized carbons (Fsp3) is 0.143. The lowest BCUT2D eigenvalue weighted by atomic mass is 10.0. The molecule has 0 fully saturated rings. The van der Waals surface area contributed by atoms with Gasteiger partial charge in [-0.3, -0.25) is 14.8 Å². The first-order valence-electron chi connectivity index (χ1n) is 9.11. The van der Waals surface area contributed by atoms with E-state index in [2.05, 4.69) is 25.3 Å². The molecule has 0 saturated carbocycles. The third-order valence-corrected chi connectivity index (χ3v) is 5.64. The molecule has 0 radical (unpaired) electrons. The van der Waals surface area contributed by atoms with Crippen molar-refractivity contribution in [3.8, 4) is 22.5 Å². The van der Waals surface area contributed by atoms with E-state index in [1.807, 2.05) is 19.1 Å². The number of H-pyrrole nitrogens is 1. The summed E-state index contributed by atoms with van der Waals surface area (Å²) in [7, 11) is -3.41. The highest BCUT2D eigenvalue weighted by atomic mass is 32.2. The maximum atomic E-state index is 12.0. The smallest absolute Gasteiger partial charge is 0.222 e. The summed E-state index contributed by atoms with van der Waals surface area (Å²) < 4.78 is 24.0. The van der Waals surface area contributed by atoms with Crippen LogP contribution < -0.4 is 5.32 Å². The largest absolute Gasteiger partial charge is 0.353 e. The number of aromatic amines is 1. The van der Waals surface area contributed by atoms with Gasteiger partial charge in [0, 0.05) is 37.3 Å². The van der Waals surface area contributed by atoms with Crippen molar-refractivity contribution >= 4 is 32.6 Å². The number of nitrogens with one attached hydrogen (secondary N) is 2. The first kappa shape index (κ1) is 19.7. The van der Waals surface area contributed by atoms with Crippen LogP contribution in [0.15, 0.2) is 53.8 Å². The van der Waals surface area contributed by atoms with Crippen molar-refractivity contribution in [2.24, 2.45) is 0 Å². The molecule has 30 heavy (non-hydrogen) atoms. The minimum absolute atomic E-state index is 0.125. The molecule has 0 bridgehead atoms. The molecular formula is C21H19N5O3S. The van der Waals surface area contributed by atoms with Crippen molar-refractivity contribution < 1.29 is 13.2 Å². The average Bonchev–Trinajstić information content (AvgIpc) is 3.06. The number of rotatable bonds is 4. The lowest BCUT2D eigenvalue weighted by Gasteiger charge is -2.07. The number of nitrogens with zero attached hydrogens (tertiary/aromatic N) is 3. The predicted octanol–water partition coefficient (Wildman–Crippen LogP) is 3.36. The summed E-state index contributed by atoms with van der Waals surface area (Å²) in [6.07, 6.45) is 5.85. The number of aryl methyl sites for hydroxylation is 1. The molecule has 0 atom stereocenters. The second-order valence-electron chi connectivity index (χ2n) is 7.05. The maximum absolute atomic E-state index is 12.0. The van der Waals surface area contributed by atoms with E-state index in [1.54, 1.807) is 30.6 Å². The van der Waals surface area contributed by atoms with Crippen molar-refractivity contribution in [3.05, 3.63) is 54.5 Å². The van der Waals surface area contributed by atoms with E-state index in [0.717, 1.165) is 22.9 Å². The number of pyridine rings is 3. The number of carbonyl (C=O) groups is 1. The first-order chi connectivity index (χ1) is 14.2. The number of carbonyl (C=O) groups excluding carboxylic acids is 1. The van der Waals surface area contributed by atoms with Gasteiger partial charge in [-0.2, -0.15) is 0 Å². The van der Waals surface area contributed by atoms with Gasteiger partial charge in [0.25, 0.3) is 0 Å². The first-order valence-corrected chi connectivity index (χ1v) is 11.0. The Morgan fingerprint density at radius 2 is 1.87 bits per heavy atom. The van der Waals surface area contributed by atoms with Crippen molar-refractivity contribution in [2.75, 3.05) is 11.6 Å². The van der Waals surface area contributed by atoms with E-state index < -0.39 is 9.84 Å². The van der Waals surface area contributed by atoms with Crippen LogP contribution >= 0.6 is 0 Å². The highest BCUT2D eigenvalue weighted by Crippen LogP contribution is 2.37. The average molecular weight is 421 g/mol. The van der Waals surface area contributed by atoms with E-state index in [9.17, 15) is 13.2 Å². The molecule has 152 valence electrons. The maximum Gasteiger partial charge on any atom is 0.222 e. The van der Waals surface area contributed by atoms with Gasteiger partial charge in [0.1, 0.15) is 5.82 Å². The number of anilines is 1. The summed E-state index contributed by atoms with van der Waals surface area (Å²) in [6, 6.07) is 8.94. The number of amides is 1. The Morgan fingerprint density at radius 3 is 2.53 bits per heavy atom. The van der Waals surface area contributed by atoms with Gasteiger partial charge in [-0.1, -0.05) is 6.07 Å². The molecule has 0 spiro atoms. The monoisotopic (exact) mass is 421 g/mol. The zero-order chi connectivity index (χ0) is 21.5. The molecule has 0 aromatic carbocycles. The molecule has 0 saturated heterocycles. The van der Waals surface area contributed by atoms with Gasteiger partial charge >= 0.3 is 0 Å². The third kappa shape index (κ3) is 3.79. The van der Waals surface area contributed by atoms with Crippen LogP contribution in [0.4, 0.5) is 5.82 Å². The number of aromatic nitrogens is 4. The van der Waals surface area contributed by atoms with Gasteiger partial charge in [0.2, 0.25) is 5.91 Å². The van der Waals surface area contributed by atoms with E-state index >= 15 is 0 Å². The van der Waals surface area contributed by atoms with Crippen LogP contribution in [0.3, 0.4) is 0 Å². The standard InChI is InChI=1S/C21H19N5O3S/c1-12-4-5-16(23-10-12)19-20(14-6-7-22-18(8-14)25-13(2)27)26-17-9-15(30(3,28)29)11-24-21(17)19/h4-11,26H,1-3H3,(H,22,25,27). The summed E-state index contributed by atoms with van der Waals surface area (Å²) in [6.45, 7) is 3.36. The van der Waals surface area contributed by atoms with Gasteiger partial charge < -0.3 is 10.3 Å². The predicted molar refractivity (Wildman–Crippen MR) is 115 cm³/mol. The topological polar surface area (TPSA) is 118 Å². The van der Waals surface area contributed by atoms with Crippen LogP contribution in [0.2, 0.25) is 0 Å². The summed E-state index contributed by atoms with van der Waals surface area (Å²) in [5, 5.41) is 2.67. The van der Waals surface area contributed by atoms with E-state index in [-0.39, 0.29) is 10.8 Å². The van der Waals surface area contributed by atoms with E-state index in [4.69, 9.17) is 0 Å². The van der Waals surface area contributed by atoms with Gasteiger partial charge in [-0.25, -0.2) is 13.4 Å². The Balaban J connectivity index is 1.99. The lowest BCUT2D eigenvalue weighted by Crippen LogP contribution is -2.07. The minimum Gasteiger partial charge on any atom is -0.353 e. The molecular weight excluding hydrogens is 402 g/mol. The summed E-state index contributed by atoms with van der Waals surface area (Å²) >= 11 is 0. The number of fused-ring (bicyclic) bond motifs is 1. The Labute approximate surface area is 173 Å². The summed E-state index contributed by atoms with van der Waals surface area (Å²) in [5.41, 5.74) is 5.09. The van der Waals surface area contributed by atoms with Crippen molar-refractivity contribution in [1.82, 2.24) is 19.9 Å². The van der Waals surface area contributed by atoms with Crippen molar-refractivity contribution in [3.63, 3.8) is 0 Å². The highest BCUT2D eigenvalue weighted by Gasteiger charge is 2.20. The minimum atomic E-state index is -3.41. The fourth-order valence-corrected chi connectivity index (χ4v) is 3.75. The Hall–Kier alpha value is -3.59. The molecule has 8 nitrogen and oxygen atoms in total. The van der Waals surface area contributed by atoms with Crippen LogP contribution in [0, 0.1) is 6.92 Å². The SMILES string of the molecule is CC(=O)Nc1cc(-c2[nH]c3cc(S(C)(=O)=O)cnc3c2-c2ccc(C)cn2)ccn1. The van der Waals surface area contributed by atoms with Gasteiger partial charge in [0.05, 0.1) is 32.9 Å². The zero-order valence-electron chi connectivity index (χ0n) is 16.6. The quantitative estimate of drug-likeness (QED) is 0.522. The molecule has 0 aliphatic heterocycles. The molecule has 4 aromatic rings. The molecule has 4 rings (SSSR count). The molecule has 1 amide bonds. The summed E-state index contributed by atoms with van der Waals surface area (Å²) in [5.74, 6) is 0.183. The van der Waals surface area contributed by atoms with Crippen molar-refractivity contribution in [2.45, 2.75) is 18.7 Å². The second-order valence-corrected chi connectivity index (χ2v) is 9.06. The van der Waals surface area contributed by atoms with Crippen LogP contribution in [-0.2, 0) is 14.6 Å². The van der Waals surface area contributed by atoms with Crippen LogP contribution in [0.5, 0.6) is 0 Å². The van der Waals surface area contributed by atoms with Crippen LogP contribution in [0.25, 0.3) is 33.5 Å². The van der Waals surface area contributed by atoms with Crippen LogP contribution in [0.1, 0.15) is 12.5 Å². The highest BCUT2D eigenvalue weighted by molar-refractivity contribution is 7.90. The Bertz CT molecular complexity index is 1380. The van der Waals surface area contributed by atoms with Crippen LogP contribution in [-0.4, -0.2) is 40.5 Å². The van der Waals surface area contributed by atoms with Gasteiger partial charge in [-0.15, -0.1) is 0 Å². The molecule has 0 aliphatic rings. The van der Waals surface area contributed by atoms with Gasteiger partial charge in [-0.05, 0) is 36.8 Å². The number of sulfone groups is 1. The fourth-order valence-electron chi connectivity index (χ4n) is 3.17. The van der Waals surface area contributed by atoms with E-state index in [0.29, 0.717) is 28.2 Å². The molecule has 4 heterocycles. The number of hydrogen-bond acceptors (Lipinski definition) is 6. The van der Waals surface area contributed by atoms with E-state index in [1.165, 1.54) is 13.1 Å². The van der Waals surface area contributed by atoms with Gasteiger partial charge in [0.15, 0.2) is 9.84 Å². The molecule has 9 heteroatoms. The normalized spacial score (nSPS) is 11.6. The second kappa shape index (κ2) is 7.34. The zero-order valence-corrected chi connectivity index (χ0v) is 17.4. The Morgan fingerprint density at radius 1 is 1.07 bits per heavy atom. The molecule has 2 N–H and O–H groups in total. The molecule has 4 aromatic heterocycles. The lowest BCUT2D eigenvalue weighted by molar-refractivity contribution is -0.114. The Kier molecular flexibility index (Phi) is 4.83. The van der Waals surface area contributed by atoms with Crippen molar-refractivity contribution in [1.29, 1.82) is 0 Å². The molecule has 0 aliphatic carbocycles. The summed E-state index contributed by atoms with van der Waals surface area (Å²) in [4.78, 5) is 27.9. The number of hydrogen-bond donors (Lipinski definition) is 2.